The van der Waals surface area contributed by atoms with E-state index in [1.54, 1.807) is 0 Å². The Bertz CT molecular complexity index is 436. The van der Waals surface area contributed by atoms with E-state index >= 15 is 0 Å². The van der Waals surface area contributed by atoms with Crippen LogP contribution in [0.2, 0.25) is 0 Å². The Morgan fingerprint density at radius 1 is 0.714 bits per heavy atom. The van der Waals surface area contributed by atoms with Crippen LogP contribution in [0.1, 0.15) is 25.7 Å². The monoisotopic (exact) mass is 294 g/mol. The molecule has 0 radical (unpaired) electrons. The maximum atomic E-state index is 9.63. The van der Waals surface area contributed by atoms with Crippen LogP contribution in [0.25, 0.3) is 0 Å². The molecule has 1 aromatic heterocycles. The third kappa shape index (κ3) is 12.0. The summed E-state index contributed by atoms with van der Waals surface area (Å²) in [6.45, 7) is 1.11. The Labute approximate surface area is 121 Å². The summed E-state index contributed by atoms with van der Waals surface area (Å²) in [4.78, 5) is 36.6. The first-order chi connectivity index (χ1) is 10.1. The van der Waals surface area contributed by atoms with Gasteiger partial charge >= 0.3 is 0 Å². The van der Waals surface area contributed by atoms with Crippen LogP contribution >= 0.6 is 0 Å². The average Bonchev–Trinajstić information content (AvgIpc) is 2.41. The summed E-state index contributed by atoms with van der Waals surface area (Å²) in [6, 6.07) is 0. The molecule has 10 heteroatoms. The van der Waals surface area contributed by atoms with Gasteiger partial charge in [-0.2, -0.15) is 15.0 Å². The lowest BCUT2D eigenvalue weighted by molar-refractivity contribution is 0.558. The number of aliphatic imine (C=N–C) groups is 2. The van der Waals surface area contributed by atoms with Gasteiger partial charge in [-0.25, -0.2) is 19.6 Å². The molecule has 0 aliphatic heterocycles. The van der Waals surface area contributed by atoms with Gasteiger partial charge in [0.2, 0.25) is 30.0 Å². The lowest BCUT2D eigenvalue weighted by atomic mass is 10.2. The Morgan fingerprint density at radius 2 is 1.05 bits per heavy atom. The molecule has 114 valence electrons. The van der Waals surface area contributed by atoms with Gasteiger partial charge in [-0.1, -0.05) is 12.8 Å². The molecule has 0 saturated heterocycles. The molecule has 0 spiro atoms. The molecule has 0 amide bonds. The van der Waals surface area contributed by atoms with Crippen molar-refractivity contribution in [3.63, 3.8) is 0 Å². The van der Waals surface area contributed by atoms with Crippen molar-refractivity contribution in [3.05, 3.63) is 0 Å². The van der Waals surface area contributed by atoms with E-state index in [1.165, 1.54) is 12.2 Å². The molecular weight excluding hydrogens is 276 g/mol. The number of nitrogens with two attached hydrogens (primary N) is 3. The van der Waals surface area contributed by atoms with Crippen molar-refractivity contribution in [3.8, 4) is 0 Å². The van der Waals surface area contributed by atoms with E-state index in [4.69, 9.17) is 17.2 Å². The van der Waals surface area contributed by atoms with Crippen molar-refractivity contribution in [1.29, 1.82) is 0 Å². The molecular formula is C11H18N8O2. The molecule has 0 aliphatic carbocycles. The van der Waals surface area contributed by atoms with Crippen LogP contribution in [0.3, 0.4) is 0 Å². The predicted octanol–water partition coefficient (Wildman–Crippen LogP) is -0.163. The third-order valence-electron chi connectivity index (χ3n) is 2.11. The lowest BCUT2D eigenvalue weighted by Gasteiger charge is -1.93. The maximum Gasteiger partial charge on any atom is 0.234 e. The third-order valence-corrected chi connectivity index (χ3v) is 2.11. The lowest BCUT2D eigenvalue weighted by Crippen LogP contribution is -2.05. The van der Waals surface area contributed by atoms with Crippen molar-refractivity contribution in [2.24, 2.45) is 9.98 Å². The second kappa shape index (κ2) is 12.2. The number of hydrogen-bond acceptors (Lipinski definition) is 10. The van der Waals surface area contributed by atoms with Crippen molar-refractivity contribution in [2.45, 2.75) is 25.7 Å². The number of nitrogens with zero attached hydrogens (tertiary/aromatic N) is 5. The fourth-order valence-electron chi connectivity index (χ4n) is 1.25. The summed E-state index contributed by atoms with van der Waals surface area (Å²) in [5.41, 5.74) is 15.4. The van der Waals surface area contributed by atoms with E-state index in [0.29, 0.717) is 13.1 Å². The fraction of sp³-hybridized carbons (Fsp3) is 0.545. The van der Waals surface area contributed by atoms with Crippen LogP contribution in [-0.4, -0.2) is 40.2 Å². The Kier molecular flexibility index (Phi) is 10.6. The molecule has 1 heterocycles. The van der Waals surface area contributed by atoms with Gasteiger partial charge in [0.15, 0.2) is 0 Å². The number of hydrogen-bond donors (Lipinski definition) is 3. The van der Waals surface area contributed by atoms with Gasteiger partial charge in [-0.3, -0.25) is 0 Å². The first-order valence-corrected chi connectivity index (χ1v) is 6.20. The quantitative estimate of drug-likeness (QED) is 0.352. The minimum atomic E-state index is 0.0417. The number of anilines is 3. The highest BCUT2D eigenvalue weighted by atomic mass is 16.1. The highest BCUT2D eigenvalue weighted by molar-refractivity contribution is 5.33. The highest BCUT2D eigenvalue weighted by Gasteiger charge is 1.93. The number of carbonyl (C=O) groups excluding carboxylic acids is 2. The van der Waals surface area contributed by atoms with Crippen molar-refractivity contribution < 1.29 is 9.59 Å². The smallest absolute Gasteiger partial charge is 0.234 e. The van der Waals surface area contributed by atoms with Crippen molar-refractivity contribution in [1.82, 2.24) is 15.0 Å². The minimum Gasteiger partial charge on any atom is -0.368 e. The number of aromatic nitrogens is 3. The molecule has 0 unspecified atom stereocenters. The van der Waals surface area contributed by atoms with Gasteiger partial charge in [-0.15, -0.1) is 0 Å². The summed E-state index contributed by atoms with van der Waals surface area (Å²) in [5, 5.41) is 0. The van der Waals surface area contributed by atoms with E-state index in [1.807, 2.05) is 0 Å². The molecule has 0 atom stereocenters. The number of isocyanates is 2. The molecule has 0 saturated carbocycles. The highest BCUT2D eigenvalue weighted by Crippen LogP contribution is 1.99. The molecule has 0 fully saturated rings. The first-order valence-electron chi connectivity index (χ1n) is 6.20. The van der Waals surface area contributed by atoms with Crippen LogP contribution in [0.4, 0.5) is 17.8 Å². The van der Waals surface area contributed by atoms with Crippen molar-refractivity contribution in [2.75, 3.05) is 30.3 Å². The number of unbranched alkanes of at least 4 members (excludes halogenated alkanes) is 3. The van der Waals surface area contributed by atoms with Crippen LogP contribution in [-0.2, 0) is 9.59 Å². The molecule has 0 aromatic carbocycles. The van der Waals surface area contributed by atoms with Crippen molar-refractivity contribution >= 4 is 30.0 Å². The zero-order chi connectivity index (χ0) is 15.9. The molecule has 1 rings (SSSR count). The van der Waals surface area contributed by atoms with Gasteiger partial charge in [0, 0.05) is 0 Å². The largest absolute Gasteiger partial charge is 0.368 e. The molecule has 1 aromatic rings. The van der Waals surface area contributed by atoms with Gasteiger partial charge in [0.25, 0.3) is 0 Å². The van der Waals surface area contributed by atoms with Gasteiger partial charge in [-0.05, 0) is 12.8 Å². The van der Waals surface area contributed by atoms with E-state index < -0.39 is 0 Å². The SMILES string of the molecule is Nc1nc(N)nc(N)n1.O=C=NCCCCCCN=C=O. The molecule has 21 heavy (non-hydrogen) atoms. The van der Waals surface area contributed by atoms with E-state index in [-0.39, 0.29) is 17.8 Å². The molecule has 6 N–H and O–H groups in total. The van der Waals surface area contributed by atoms with Crippen LogP contribution in [0.5, 0.6) is 0 Å². The molecule has 0 aliphatic rings. The number of nitrogen functional groups attached to an aromatic ring is 3. The minimum absolute atomic E-state index is 0.0417. The van der Waals surface area contributed by atoms with E-state index in [0.717, 1.165) is 25.7 Å². The summed E-state index contributed by atoms with van der Waals surface area (Å²) < 4.78 is 0. The Hall–Kier alpha value is -2.83. The number of rotatable bonds is 7. The van der Waals surface area contributed by atoms with Crippen LogP contribution in [0.15, 0.2) is 9.98 Å². The molecule has 10 nitrogen and oxygen atoms in total. The summed E-state index contributed by atoms with van der Waals surface area (Å²) in [6.07, 6.45) is 6.80. The normalized spacial score (nSPS) is 8.76. The summed E-state index contributed by atoms with van der Waals surface area (Å²) in [7, 11) is 0. The fourth-order valence-corrected chi connectivity index (χ4v) is 1.25. The van der Waals surface area contributed by atoms with Crippen LogP contribution < -0.4 is 17.2 Å². The average molecular weight is 294 g/mol. The Morgan fingerprint density at radius 3 is 1.33 bits per heavy atom. The zero-order valence-corrected chi connectivity index (χ0v) is 11.5. The van der Waals surface area contributed by atoms with E-state index in [9.17, 15) is 9.59 Å². The first kappa shape index (κ1) is 18.2. The predicted molar refractivity (Wildman–Crippen MR) is 77.5 cm³/mol. The summed E-state index contributed by atoms with van der Waals surface area (Å²) >= 11 is 0. The van der Waals surface area contributed by atoms with Crippen LogP contribution in [0, 0.1) is 0 Å². The molecule has 0 bridgehead atoms. The second-order valence-electron chi connectivity index (χ2n) is 3.77. The van der Waals surface area contributed by atoms with E-state index in [2.05, 4.69) is 24.9 Å². The maximum absolute atomic E-state index is 9.63. The van der Waals surface area contributed by atoms with Gasteiger partial charge < -0.3 is 17.2 Å². The Balaban J connectivity index is 0.000000394. The zero-order valence-electron chi connectivity index (χ0n) is 11.5. The topological polar surface area (TPSA) is 176 Å². The summed E-state index contributed by atoms with van der Waals surface area (Å²) in [5.74, 6) is 0.125. The standard InChI is InChI=1S/C8H12N2O2.C3H6N6/c11-7-9-5-3-1-2-4-6-10-8-12;4-1-7-2(5)9-3(6)8-1/h1-6H2;(H6,4,5,6,7,8,9). The van der Waals surface area contributed by atoms with Gasteiger partial charge in [0.05, 0.1) is 13.1 Å². The second-order valence-corrected chi connectivity index (χ2v) is 3.77. The van der Waals surface area contributed by atoms with Gasteiger partial charge in [0.1, 0.15) is 0 Å².